The molecule has 0 saturated heterocycles. The summed E-state index contributed by atoms with van der Waals surface area (Å²) in [5.74, 6) is -1.38. The third-order valence-corrected chi connectivity index (χ3v) is 2.31. The summed E-state index contributed by atoms with van der Waals surface area (Å²) in [4.78, 5) is 25.9. The number of aromatic nitrogens is 1. The standard InChI is InChI=1S/C12H16N2O4/c1-12(18,7-11(16)17)8-14-10(15)6-9-2-4-13-5-3-9/h2-5,18H,6-8H2,1H3,(H,14,15)(H,16,17). The van der Waals surface area contributed by atoms with Crippen LogP contribution < -0.4 is 5.32 Å². The summed E-state index contributed by atoms with van der Waals surface area (Å²) >= 11 is 0. The van der Waals surface area contributed by atoms with Crippen molar-refractivity contribution in [2.45, 2.75) is 25.4 Å². The molecule has 0 fully saturated rings. The van der Waals surface area contributed by atoms with Gasteiger partial charge in [0, 0.05) is 18.9 Å². The van der Waals surface area contributed by atoms with Gasteiger partial charge in [0.2, 0.25) is 5.91 Å². The first-order valence-corrected chi connectivity index (χ1v) is 5.49. The minimum Gasteiger partial charge on any atom is -0.481 e. The molecule has 0 bridgehead atoms. The number of rotatable bonds is 6. The third kappa shape index (κ3) is 5.40. The Labute approximate surface area is 105 Å². The fourth-order valence-corrected chi connectivity index (χ4v) is 1.43. The van der Waals surface area contributed by atoms with Gasteiger partial charge in [0.25, 0.3) is 0 Å². The number of carboxylic acids is 1. The van der Waals surface area contributed by atoms with E-state index in [9.17, 15) is 14.7 Å². The number of hydrogen-bond donors (Lipinski definition) is 3. The summed E-state index contributed by atoms with van der Waals surface area (Å²) < 4.78 is 0. The summed E-state index contributed by atoms with van der Waals surface area (Å²) in [5.41, 5.74) is -0.639. The Morgan fingerprint density at radius 2 is 2.00 bits per heavy atom. The van der Waals surface area contributed by atoms with Crippen molar-refractivity contribution in [1.29, 1.82) is 0 Å². The van der Waals surface area contributed by atoms with Crippen LogP contribution in [0.1, 0.15) is 18.9 Å². The monoisotopic (exact) mass is 252 g/mol. The van der Waals surface area contributed by atoms with Crippen LogP contribution in [0.5, 0.6) is 0 Å². The maximum absolute atomic E-state index is 11.6. The maximum atomic E-state index is 11.6. The quantitative estimate of drug-likeness (QED) is 0.660. The van der Waals surface area contributed by atoms with E-state index in [1.165, 1.54) is 6.92 Å². The van der Waals surface area contributed by atoms with E-state index in [-0.39, 0.29) is 18.9 Å². The van der Waals surface area contributed by atoms with Crippen LogP contribution in [-0.4, -0.2) is 39.2 Å². The number of carbonyl (C=O) groups is 2. The highest BCUT2D eigenvalue weighted by Crippen LogP contribution is 2.07. The Morgan fingerprint density at radius 1 is 1.39 bits per heavy atom. The number of pyridine rings is 1. The van der Waals surface area contributed by atoms with Gasteiger partial charge in [-0.1, -0.05) is 0 Å². The molecule has 1 rings (SSSR count). The number of aliphatic carboxylic acids is 1. The number of carbonyl (C=O) groups excluding carboxylic acids is 1. The van der Waals surface area contributed by atoms with Crippen molar-refractivity contribution in [2.24, 2.45) is 0 Å². The number of amides is 1. The molecule has 6 nitrogen and oxygen atoms in total. The molecular weight excluding hydrogens is 236 g/mol. The predicted molar refractivity (Wildman–Crippen MR) is 63.8 cm³/mol. The van der Waals surface area contributed by atoms with Gasteiger partial charge >= 0.3 is 5.97 Å². The van der Waals surface area contributed by atoms with E-state index in [1.54, 1.807) is 24.5 Å². The van der Waals surface area contributed by atoms with Crippen LogP contribution in [0.4, 0.5) is 0 Å². The van der Waals surface area contributed by atoms with Gasteiger partial charge in [0.05, 0.1) is 18.4 Å². The summed E-state index contributed by atoms with van der Waals surface area (Å²) in [6.45, 7) is 1.27. The van der Waals surface area contributed by atoms with Crippen LogP contribution in [0.3, 0.4) is 0 Å². The van der Waals surface area contributed by atoms with Crippen molar-refractivity contribution < 1.29 is 19.8 Å². The number of aliphatic hydroxyl groups is 1. The zero-order chi connectivity index (χ0) is 13.6. The predicted octanol–water partition coefficient (Wildman–Crippen LogP) is -0.0340. The van der Waals surface area contributed by atoms with Crippen LogP contribution in [0.2, 0.25) is 0 Å². The lowest BCUT2D eigenvalue weighted by molar-refractivity contribution is -0.142. The average molecular weight is 252 g/mol. The molecule has 0 aliphatic heterocycles. The van der Waals surface area contributed by atoms with E-state index in [0.717, 1.165) is 5.56 Å². The first-order valence-electron chi connectivity index (χ1n) is 5.49. The zero-order valence-corrected chi connectivity index (χ0v) is 10.1. The largest absolute Gasteiger partial charge is 0.481 e. The average Bonchev–Trinajstić information content (AvgIpc) is 2.26. The van der Waals surface area contributed by atoms with Gasteiger partial charge in [-0.25, -0.2) is 0 Å². The molecule has 3 N–H and O–H groups in total. The van der Waals surface area contributed by atoms with Crippen molar-refractivity contribution in [1.82, 2.24) is 10.3 Å². The van der Waals surface area contributed by atoms with Crippen molar-refractivity contribution in [3.63, 3.8) is 0 Å². The van der Waals surface area contributed by atoms with Gasteiger partial charge < -0.3 is 15.5 Å². The fourth-order valence-electron chi connectivity index (χ4n) is 1.43. The van der Waals surface area contributed by atoms with E-state index in [4.69, 9.17) is 5.11 Å². The SMILES string of the molecule is CC(O)(CNC(=O)Cc1ccncc1)CC(=O)O. The van der Waals surface area contributed by atoms with Crippen LogP contribution in [-0.2, 0) is 16.0 Å². The number of nitrogens with one attached hydrogen (secondary N) is 1. The molecule has 0 aliphatic rings. The number of hydrogen-bond acceptors (Lipinski definition) is 4. The molecule has 1 amide bonds. The van der Waals surface area contributed by atoms with E-state index in [0.29, 0.717) is 0 Å². The second kappa shape index (κ2) is 6.11. The third-order valence-electron chi connectivity index (χ3n) is 2.31. The fraction of sp³-hybridized carbons (Fsp3) is 0.417. The Hall–Kier alpha value is -1.95. The van der Waals surface area contributed by atoms with Gasteiger partial charge in [-0.15, -0.1) is 0 Å². The lowest BCUT2D eigenvalue weighted by Gasteiger charge is -2.21. The smallest absolute Gasteiger partial charge is 0.306 e. The molecule has 0 radical (unpaired) electrons. The molecule has 0 aliphatic carbocycles. The minimum absolute atomic E-state index is 0.0940. The van der Waals surface area contributed by atoms with Crippen molar-refractivity contribution in [3.05, 3.63) is 30.1 Å². The second-order valence-corrected chi connectivity index (χ2v) is 4.38. The summed E-state index contributed by atoms with van der Waals surface area (Å²) in [6, 6.07) is 3.43. The topological polar surface area (TPSA) is 99.5 Å². The highest BCUT2D eigenvalue weighted by Gasteiger charge is 2.24. The molecule has 0 aromatic carbocycles. The van der Waals surface area contributed by atoms with Crippen molar-refractivity contribution in [3.8, 4) is 0 Å². The Kier molecular flexibility index (Phi) is 4.79. The van der Waals surface area contributed by atoms with Crippen LogP contribution in [0.15, 0.2) is 24.5 Å². The lowest BCUT2D eigenvalue weighted by Crippen LogP contribution is -2.42. The maximum Gasteiger partial charge on any atom is 0.306 e. The second-order valence-electron chi connectivity index (χ2n) is 4.38. The van der Waals surface area contributed by atoms with E-state index in [1.807, 2.05) is 0 Å². The molecular formula is C12H16N2O4. The number of carboxylic acid groups (broad SMARTS) is 1. The molecule has 18 heavy (non-hydrogen) atoms. The van der Waals surface area contributed by atoms with Gasteiger partial charge in [0.1, 0.15) is 0 Å². The molecule has 1 atom stereocenters. The van der Waals surface area contributed by atoms with Crippen LogP contribution in [0, 0.1) is 0 Å². The molecule has 1 aromatic heterocycles. The van der Waals surface area contributed by atoms with Crippen LogP contribution in [0.25, 0.3) is 0 Å². The summed E-state index contributed by atoms with van der Waals surface area (Å²) in [6.07, 6.45) is 2.93. The first kappa shape index (κ1) is 14.1. The molecule has 98 valence electrons. The van der Waals surface area contributed by atoms with Crippen LogP contribution >= 0.6 is 0 Å². The lowest BCUT2D eigenvalue weighted by atomic mass is 10.0. The molecule has 1 heterocycles. The Morgan fingerprint density at radius 3 is 2.56 bits per heavy atom. The highest BCUT2D eigenvalue weighted by molar-refractivity contribution is 5.78. The highest BCUT2D eigenvalue weighted by atomic mass is 16.4. The normalized spacial score (nSPS) is 13.7. The minimum atomic E-state index is -1.44. The summed E-state index contributed by atoms with van der Waals surface area (Å²) in [7, 11) is 0. The Bertz CT molecular complexity index is 417. The van der Waals surface area contributed by atoms with Gasteiger partial charge in [-0.05, 0) is 24.6 Å². The molecule has 0 saturated carbocycles. The van der Waals surface area contributed by atoms with E-state index >= 15 is 0 Å². The van der Waals surface area contributed by atoms with E-state index in [2.05, 4.69) is 10.3 Å². The zero-order valence-electron chi connectivity index (χ0n) is 10.1. The van der Waals surface area contributed by atoms with Crippen molar-refractivity contribution >= 4 is 11.9 Å². The molecule has 1 unspecified atom stereocenters. The molecule has 0 spiro atoms. The number of nitrogens with zero attached hydrogens (tertiary/aromatic N) is 1. The van der Waals surface area contributed by atoms with Gasteiger partial charge in [0.15, 0.2) is 0 Å². The molecule has 6 heteroatoms. The Balaban J connectivity index is 2.40. The molecule has 1 aromatic rings. The first-order chi connectivity index (χ1) is 8.39. The van der Waals surface area contributed by atoms with E-state index < -0.39 is 18.0 Å². The van der Waals surface area contributed by atoms with Gasteiger partial charge in [-0.2, -0.15) is 0 Å². The van der Waals surface area contributed by atoms with Crippen molar-refractivity contribution in [2.75, 3.05) is 6.54 Å². The summed E-state index contributed by atoms with van der Waals surface area (Å²) in [5, 5.41) is 20.8. The van der Waals surface area contributed by atoms with Gasteiger partial charge in [-0.3, -0.25) is 14.6 Å².